The summed E-state index contributed by atoms with van der Waals surface area (Å²) in [5.41, 5.74) is 6.56. The van der Waals surface area contributed by atoms with Crippen molar-refractivity contribution in [2.45, 2.75) is 0 Å². The predicted octanol–water partition coefficient (Wildman–Crippen LogP) is 10.6. The van der Waals surface area contributed by atoms with E-state index in [0.717, 1.165) is 65.9 Å². The average molecular weight is 917 g/mol. The molecule has 0 spiro atoms. The Morgan fingerprint density at radius 1 is 0.343 bits per heavy atom. The number of amides is 4. The third kappa shape index (κ3) is 6.48. The Morgan fingerprint density at radius 3 is 0.957 bits per heavy atom. The van der Waals surface area contributed by atoms with Crippen molar-refractivity contribution in [1.29, 1.82) is 0 Å². The molecule has 4 amide bonds. The van der Waals surface area contributed by atoms with E-state index in [-0.39, 0.29) is 36.7 Å². The molecule has 70 heavy (non-hydrogen) atoms. The number of aromatic nitrogens is 4. The van der Waals surface area contributed by atoms with Crippen LogP contribution in [0.15, 0.2) is 167 Å². The van der Waals surface area contributed by atoms with Crippen molar-refractivity contribution in [3.05, 3.63) is 180 Å². The summed E-state index contributed by atoms with van der Waals surface area (Å²) in [5, 5.41) is 29.6. The molecule has 0 atom stereocenters. The fraction of sp³-hybridized carbons (Fsp3) is 0.0714. The van der Waals surface area contributed by atoms with Gasteiger partial charge in [-0.1, -0.05) is 60.7 Å². The largest absolute Gasteiger partial charge is 0.416 e. The lowest BCUT2D eigenvalue weighted by Gasteiger charge is -2.30. The van der Waals surface area contributed by atoms with Crippen molar-refractivity contribution in [1.82, 2.24) is 30.2 Å². The van der Waals surface area contributed by atoms with E-state index in [0.29, 0.717) is 69.7 Å². The molecule has 2 aromatic heterocycles. The molecule has 2 aliphatic rings. The molecule has 0 aliphatic carbocycles. The first-order valence-corrected chi connectivity index (χ1v) is 22.8. The lowest BCUT2D eigenvalue weighted by molar-refractivity contribution is 0.0601. The number of anilines is 2. The molecule has 11 aromatic rings. The molecular weight excluding hydrogens is 881 g/mol. The zero-order chi connectivity index (χ0) is 47.0. The highest BCUT2D eigenvalue weighted by Crippen LogP contribution is 2.46. The maximum Gasteiger partial charge on any atom is 0.261 e. The van der Waals surface area contributed by atoms with Crippen LogP contribution in [0.1, 0.15) is 41.4 Å². The van der Waals surface area contributed by atoms with Gasteiger partial charge in [0.15, 0.2) is 0 Å². The summed E-state index contributed by atoms with van der Waals surface area (Å²) in [6, 6.07) is 48.9. The molecule has 0 fully saturated rings. The van der Waals surface area contributed by atoms with Crippen LogP contribution in [0, 0.1) is 0 Å². The Morgan fingerprint density at radius 2 is 0.643 bits per heavy atom. The number of hydrogen-bond donors (Lipinski definition) is 2. The highest BCUT2D eigenvalue weighted by molar-refractivity contribution is 6.41. The van der Waals surface area contributed by atoms with Crippen molar-refractivity contribution in [2.24, 2.45) is 0 Å². The third-order valence-corrected chi connectivity index (χ3v) is 13.3. The van der Waals surface area contributed by atoms with Crippen LogP contribution >= 0.6 is 0 Å². The Bertz CT molecular complexity index is 3550. The summed E-state index contributed by atoms with van der Waals surface area (Å²) in [7, 11) is 0. The van der Waals surface area contributed by atoms with E-state index in [1.54, 1.807) is 24.3 Å². The quantitative estimate of drug-likeness (QED) is 0.0675. The second kappa shape index (κ2) is 16.1. The van der Waals surface area contributed by atoms with Gasteiger partial charge in [-0.2, -0.15) is 0 Å². The van der Waals surface area contributed by atoms with Crippen molar-refractivity contribution >= 4 is 78.1 Å². The molecule has 13 rings (SSSR count). The highest BCUT2D eigenvalue weighted by atomic mass is 16.4. The van der Waals surface area contributed by atoms with E-state index in [9.17, 15) is 19.2 Å². The summed E-state index contributed by atoms with van der Waals surface area (Å²) in [6.45, 7) is 0.930. The molecule has 0 unspecified atom stereocenters. The number of rotatable bonds is 12. The van der Waals surface area contributed by atoms with Gasteiger partial charge in [0.1, 0.15) is 0 Å². The Hall–Kier alpha value is -9.56. The normalized spacial score (nSPS) is 13.4. The first kappa shape index (κ1) is 40.7. The van der Waals surface area contributed by atoms with Gasteiger partial charge in [0.25, 0.3) is 23.6 Å². The van der Waals surface area contributed by atoms with Crippen molar-refractivity contribution in [3.8, 4) is 45.8 Å². The van der Waals surface area contributed by atoms with Gasteiger partial charge in [-0.3, -0.25) is 29.0 Å². The zero-order valence-corrected chi connectivity index (χ0v) is 37.0. The molecular formula is C56H36N8O6. The molecule has 14 nitrogen and oxygen atoms in total. The van der Waals surface area contributed by atoms with Gasteiger partial charge < -0.3 is 19.5 Å². The monoisotopic (exact) mass is 916 g/mol. The molecule has 0 bridgehead atoms. The van der Waals surface area contributed by atoms with Crippen LogP contribution in [0.4, 0.5) is 11.4 Å². The second-order valence-electron chi connectivity index (χ2n) is 17.2. The van der Waals surface area contributed by atoms with Crippen molar-refractivity contribution in [2.75, 3.05) is 36.8 Å². The van der Waals surface area contributed by atoms with E-state index in [1.165, 1.54) is 9.80 Å². The van der Waals surface area contributed by atoms with Gasteiger partial charge in [-0.05, 0) is 129 Å². The zero-order valence-electron chi connectivity index (χ0n) is 37.0. The first-order chi connectivity index (χ1) is 34.4. The van der Waals surface area contributed by atoms with Gasteiger partial charge in [0.2, 0.25) is 23.6 Å². The molecule has 9 aromatic carbocycles. The smallest absolute Gasteiger partial charge is 0.261 e. The molecule has 4 heterocycles. The maximum absolute atomic E-state index is 14.2. The number of nitrogens with one attached hydrogen (secondary N) is 2. The SMILES string of the molecule is O=C1c2ccc3c4ccc5c6c(ccc(c7ccc(c2c37)C(=O)N1CCNc1ccc(-c2nnc(-c3ccccc3)o2)cc1)c64)C(=O)N(CCNc1ccc(-c2nnc(-c3ccccc3)o2)cc1)C5=O. The van der Waals surface area contributed by atoms with Crippen LogP contribution in [-0.4, -0.2) is 80.0 Å². The van der Waals surface area contributed by atoms with Gasteiger partial charge in [-0.25, -0.2) is 0 Å². The number of carbonyl (C=O) groups excluding carboxylic acids is 4. The number of fused-ring (bicyclic) bond motifs is 2. The first-order valence-electron chi connectivity index (χ1n) is 22.8. The molecule has 2 aliphatic heterocycles. The predicted molar refractivity (Wildman–Crippen MR) is 266 cm³/mol. The number of imide groups is 2. The lowest BCUT2D eigenvalue weighted by atomic mass is 9.82. The van der Waals surface area contributed by atoms with E-state index in [1.807, 2.05) is 133 Å². The summed E-state index contributed by atoms with van der Waals surface area (Å²) in [5.74, 6) is 0.185. The minimum Gasteiger partial charge on any atom is -0.416 e. The standard InChI is InChI=1S/C56H36N8O6/c65-53-41-23-19-37-39-21-25-43-48-44(56(68)64(55(43)67)30-28-58-36-17-13-34(14-18-36)52-62-60-50(70-52)32-9-5-2-6-10-32)26-22-40(46(39)48)38-20-24-42(47(41)45(37)38)54(66)63(53)29-27-57-35-15-11-33(12-16-35)51-61-59-49(69-51)31-7-3-1-4-8-31/h1-26,57-58H,27-30H2. The number of carbonyl (C=O) groups is 4. The minimum absolute atomic E-state index is 0.142. The average Bonchev–Trinajstić information content (AvgIpc) is 4.12. The van der Waals surface area contributed by atoms with Crippen LogP contribution in [-0.2, 0) is 0 Å². The maximum atomic E-state index is 14.2. The van der Waals surface area contributed by atoms with Crippen LogP contribution in [0.25, 0.3) is 88.9 Å². The molecule has 0 saturated heterocycles. The van der Waals surface area contributed by atoms with Crippen LogP contribution in [0.3, 0.4) is 0 Å². The van der Waals surface area contributed by atoms with Gasteiger partial charge in [0.05, 0.1) is 0 Å². The Balaban J connectivity index is 0.718. The van der Waals surface area contributed by atoms with Crippen LogP contribution in [0.5, 0.6) is 0 Å². The fourth-order valence-electron chi connectivity index (χ4n) is 9.93. The lowest BCUT2D eigenvalue weighted by Crippen LogP contribution is -2.43. The second-order valence-corrected chi connectivity index (χ2v) is 17.2. The number of nitrogens with zero attached hydrogens (tertiary/aromatic N) is 6. The summed E-state index contributed by atoms with van der Waals surface area (Å²) < 4.78 is 11.8. The topological polar surface area (TPSA) is 177 Å². The molecule has 0 saturated carbocycles. The molecule has 0 radical (unpaired) electrons. The Kier molecular flexibility index (Phi) is 9.33. The van der Waals surface area contributed by atoms with E-state index in [4.69, 9.17) is 8.83 Å². The van der Waals surface area contributed by atoms with E-state index in [2.05, 4.69) is 31.0 Å². The van der Waals surface area contributed by atoms with Crippen molar-refractivity contribution < 1.29 is 28.0 Å². The van der Waals surface area contributed by atoms with Gasteiger partial charge in [-0.15, -0.1) is 20.4 Å². The number of benzene rings is 9. The summed E-state index contributed by atoms with van der Waals surface area (Å²) >= 11 is 0. The fourth-order valence-corrected chi connectivity index (χ4v) is 9.93. The summed E-state index contributed by atoms with van der Waals surface area (Å²) in [4.78, 5) is 59.4. The molecule has 14 heteroatoms. The van der Waals surface area contributed by atoms with E-state index >= 15 is 0 Å². The van der Waals surface area contributed by atoms with Crippen LogP contribution < -0.4 is 10.6 Å². The van der Waals surface area contributed by atoms with E-state index < -0.39 is 0 Å². The summed E-state index contributed by atoms with van der Waals surface area (Å²) in [6.07, 6.45) is 0. The molecule has 2 N–H and O–H groups in total. The third-order valence-electron chi connectivity index (χ3n) is 13.3. The minimum atomic E-state index is -0.371. The van der Waals surface area contributed by atoms with Gasteiger partial charge >= 0.3 is 0 Å². The molecule has 336 valence electrons. The highest BCUT2D eigenvalue weighted by Gasteiger charge is 2.37. The van der Waals surface area contributed by atoms with Crippen molar-refractivity contribution in [3.63, 3.8) is 0 Å². The number of hydrogen-bond acceptors (Lipinski definition) is 12. The van der Waals surface area contributed by atoms with Gasteiger partial charge in [0, 0.05) is 92.8 Å². The Labute approximate surface area is 397 Å². The van der Waals surface area contributed by atoms with Crippen LogP contribution in [0.2, 0.25) is 0 Å².